The summed E-state index contributed by atoms with van der Waals surface area (Å²) in [5, 5.41) is 17.4. The molecule has 0 aliphatic carbocycles. The number of hydrogen-bond acceptors (Lipinski definition) is 5. The molecule has 26 heavy (non-hydrogen) atoms. The Balaban J connectivity index is 0.000000189. The normalized spacial score (nSPS) is 9.73. The van der Waals surface area contributed by atoms with Gasteiger partial charge in [-0.15, -0.1) is 0 Å². The molecule has 1 aromatic heterocycles. The number of aryl methyl sites for hydroxylation is 1. The van der Waals surface area contributed by atoms with Crippen molar-refractivity contribution in [3.63, 3.8) is 0 Å². The molecule has 0 radical (unpaired) electrons. The minimum Gasteiger partial charge on any atom is -0.478 e. The molecule has 0 unspecified atom stereocenters. The first-order chi connectivity index (χ1) is 12.4. The number of benzene rings is 2. The van der Waals surface area contributed by atoms with Crippen molar-refractivity contribution < 1.29 is 19.8 Å². The first-order valence-electron chi connectivity index (χ1n) is 7.59. The van der Waals surface area contributed by atoms with Crippen LogP contribution < -0.4 is 5.73 Å². The van der Waals surface area contributed by atoms with Gasteiger partial charge >= 0.3 is 11.9 Å². The van der Waals surface area contributed by atoms with Crippen LogP contribution in [-0.4, -0.2) is 32.1 Å². The molecule has 2 aromatic carbocycles. The fourth-order valence-electron chi connectivity index (χ4n) is 2.18. The van der Waals surface area contributed by atoms with Gasteiger partial charge in [-0.3, -0.25) is 0 Å². The Kier molecular flexibility index (Phi) is 6.00. The zero-order valence-electron chi connectivity index (χ0n) is 14.0. The van der Waals surface area contributed by atoms with Crippen LogP contribution in [0.15, 0.2) is 60.9 Å². The number of carbonyl (C=O) groups is 2. The highest BCUT2D eigenvalue weighted by Crippen LogP contribution is 2.18. The molecule has 0 bridgehead atoms. The molecule has 3 rings (SSSR count). The third-order valence-corrected chi connectivity index (χ3v) is 3.46. The standard InChI is InChI=1S/C10H8N2.C9H9NO4/c1-2-5-9(6-3-1)10-11-7-4-8-12-10;1-4-2-7(10)6(9(13)14)3-5(4)8(11)12/h1-8H;2-3H,10H2,1H3,(H,11,12)(H,13,14). The molecular formula is C19H17N3O4. The van der Waals surface area contributed by atoms with Crippen LogP contribution in [-0.2, 0) is 0 Å². The number of hydrogen-bond donors (Lipinski definition) is 3. The van der Waals surface area contributed by atoms with Crippen molar-refractivity contribution >= 4 is 17.6 Å². The second-order valence-electron chi connectivity index (χ2n) is 5.30. The van der Waals surface area contributed by atoms with Gasteiger partial charge in [-0.2, -0.15) is 0 Å². The van der Waals surface area contributed by atoms with Crippen molar-refractivity contribution in [1.29, 1.82) is 0 Å². The molecule has 7 heteroatoms. The predicted molar refractivity (Wildman–Crippen MR) is 97.0 cm³/mol. The van der Waals surface area contributed by atoms with Crippen molar-refractivity contribution in [2.24, 2.45) is 0 Å². The van der Waals surface area contributed by atoms with Gasteiger partial charge in [-0.25, -0.2) is 19.6 Å². The lowest BCUT2D eigenvalue weighted by Gasteiger charge is -2.05. The molecule has 0 aliphatic rings. The average molecular weight is 351 g/mol. The van der Waals surface area contributed by atoms with Gasteiger partial charge in [0.25, 0.3) is 0 Å². The second kappa shape index (κ2) is 8.39. The van der Waals surface area contributed by atoms with Gasteiger partial charge in [0.1, 0.15) is 0 Å². The van der Waals surface area contributed by atoms with E-state index in [9.17, 15) is 9.59 Å². The van der Waals surface area contributed by atoms with Crippen LogP contribution >= 0.6 is 0 Å². The first-order valence-corrected chi connectivity index (χ1v) is 7.59. The van der Waals surface area contributed by atoms with E-state index in [2.05, 4.69) is 9.97 Å². The number of nitrogen functional groups attached to an aromatic ring is 1. The summed E-state index contributed by atoms with van der Waals surface area (Å²) in [6.45, 7) is 1.56. The van der Waals surface area contributed by atoms with E-state index >= 15 is 0 Å². The average Bonchev–Trinajstić information content (AvgIpc) is 2.63. The van der Waals surface area contributed by atoms with Crippen LogP contribution in [0.3, 0.4) is 0 Å². The number of anilines is 1. The predicted octanol–water partition coefficient (Wildman–Crippen LogP) is 3.12. The zero-order chi connectivity index (χ0) is 19.1. The lowest BCUT2D eigenvalue weighted by atomic mass is 10.0. The molecule has 7 nitrogen and oxygen atoms in total. The summed E-state index contributed by atoms with van der Waals surface area (Å²) in [6.07, 6.45) is 3.49. The van der Waals surface area contributed by atoms with E-state index in [1.165, 1.54) is 6.07 Å². The molecule has 0 aliphatic heterocycles. The van der Waals surface area contributed by atoms with Gasteiger partial charge in [0.05, 0.1) is 11.1 Å². The van der Waals surface area contributed by atoms with Crippen LogP contribution in [0.5, 0.6) is 0 Å². The highest BCUT2D eigenvalue weighted by atomic mass is 16.4. The SMILES string of the molecule is Cc1cc(N)c(C(=O)O)cc1C(=O)O.c1ccc(-c2ncccn2)cc1. The molecule has 3 aromatic rings. The third kappa shape index (κ3) is 4.64. The van der Waals surface area contributed by atoms with Crippen molar-refractivity contribution in [2.75, 3.05) is 5.73 Å². The van der Waals surface area contributed by atoms with Crippen LogP contribution in [0.4, 0.5) is 5.69 Å². The molecule has 4 N–H and O–H groups in total. The first kappa shape index (κ1) is 18.6. The van der Waals surface area contributed by atoms with Crippen molar-refractivity contribution in [1.82, 2.24) is 9.97 Å². The molecule has 0 amide bonds. The van der Waals surface area contributed by atoms with Crippen molar-refractivity contribution in [3.05, 3.63) is 77.6 Å². The summed E-state index contributed by atoms with van der Waals surface area (Å²) < 4.78 is 0. The molecule has 0 saturated carbocycles. The van der Waals surface area contributed by atoms with Crippen LogP contribution in [0.25, 0.3) is 11.4 Å². The van der Waals surface area contributed by atoms with Crippen LogP contribution in [0.1, 0.15) is 26.3 Å². The van der Waals surface area contributed by atoms with Crippen molar-refractivity contribution in [3.8, 4) is 11.4 Å². The molecule has 0 saturated heterocycles. The Morgan fingerprint density at radius 2 is 1.46 bits per heavy atom. The van der Waals surface area contributed by atoms with Crippen LogP contribution in [0, 0.1) is 6.92 Å². The zero-order valence-corrected chi connectivity index (χ0v) is 14.0. The number of carboxylic acids is 2. The minimum atomic E-state index is -1.23. The maximum atomic E-state index is 10.7. The maximum Gasteiger partial charge on any atom is 0.337 e. The number of nitrogens with zero attached hydrogens (tertiary/aromatic N) is 2. The number of aromatic nitrogens is 2. The van der Waals surface area contributed by atoms with E-state index in [-0.39, 0.29) is 16.8 Å². The molecule has 0 spiro atoms. The largest absolute Gasteiger partial charge is 0.478 e. The fraction of sp³-hybridized carbons (Fsp3) is 0.0526. The maximum absolute atomic E-state index is 10.7. The van der Waals surface area contributed by atoms with Gasteiger partial charge in [0.15, 0.2) is 5.82 Å². The van der Waals surface area contributed by atoms with E-state index in [0.717, 1.165) is 17.5 Å². The Hall–Kier alpha value is -3.74. The number of rotatable bonds is 3. The van der Waals surface area contributed by atoms with Gasteiger partial charge in [-0.1, -0.05) is 30.3 Å². The van der Waals surface area contributed by atoms with Gasteiger partial charge in [-0.05, 0) is 30.7 Å². The van der Waals surface area contributed by atoms with E-state index < -0.39 is 11.9 Å². The smallest absolute Gasteiger partial charge is 0.337 e. The fourth-order valence-corrected chi connectivity index (χ4v) is 2.18. The van der Waals surface area contributed by atoms with Gasteiger partial charge in [0.2, 0.25) is 0 Å². The van der Waals surface area contributed by atoms with Crippen LogP contribution in [0.2, 0.25) is 0 Å². The lowest BCUT2D eigenvalue weighted by Crippen LogP contribution is -2.08. The van der Waals surface area contributed by atoms with E-state index in [1.807, 2.05) is 36.4 Å². The number of nitrogens with two attached hydrogens (primary N) is 1. The van der Waals surface area contributed by atoms with E-state index in [1.54, 1.807) is 19.3 Å². The second-order valence-corrected chi connectivity index (χ2v) is 5.30. The topological polar surface area (TPSA) is 126 Å². The summed E-state index contributed by atoms with van der Waals surface area (Å²) in [7, 11) is 0. The number of aromatic carboxylic acids is 2. The molecule has 0 fully saturated rings. The third-order valence-electron chi connectivity index (χ3n) is 3.46. The molecular weight excluding hydrogens is 334 g/mol. The van der Waals surface area contributed by atoms with Gasteiger partial charge in [0, 0.05) is 23.6 Å². The Bertz CT molecular complexity index is 840. The van der Waals surface area contributed by atoms with E-state index in [0.29, 0.717) is 5.56 Å². The van der Waals surface area contributed by atoms with Crippen molar-refractivity contribution in [2.45, 2.75) is 6.92 Å². The summed E-state index contributed by atoms with van der Waals surface area (Å²) in [5.74, 6) is -1.62. The molecule has 1 heterocycles. The quantitative estimate of drug-likeness (QED) is 0.619. The monoisotopic (exact) mass is 351 g/mol. The summed E-state index contributed by atoms with van der Waals surface area (Å²) in [4.78, 5) is 29.6. The molecule has 0 atom stereocenters. The molecule has 132 valence electrons. The minimum absolute atomic E-state index is 0.0448. The lowest BCUT2D eigenvalue weighted by molar-refractivity contribution is 0.0695. The summed E-state index contributed by atoms with van der Waals surface area (Å²) in [5.41, 5.74) is 6.75. The highest BCUT2D eigenvalue weighted by molar-refractivity contribution is 5.98. The number of carboxylic acid groups (broad SMARTS) is 2. The summed E-state index contributed by atoms with van der Waals surface area (Å²) in [6, 6.07) is 14.1. The highest BCUT2D eigenvalue weighted by Gasteiger charge is 2.14. The van der Waals surface area contributed by atoms with Gasteiger partial charge < -0.3 is 15.9 Å². The Morgan fingerprint density at radius 3 is 2.00 bits per heavy atom. The Labute approximate surface area is 149 Å². The van der Waals surface area contributed by atoms with E-state index in [4.69, 9.17) is 15.9 Å². The Morgan fingerprint density at radius 1 is 0.885 bits per heavy atom. The summed E-state index contributed by atoms with van der Waals surface area (Å²) >= 11 is 0.